The highest BCUT2D eigenvalue weighted by Crippen LogP contribution is 2.26. The van der Waals surface area contributed by atoms with Gasteiger partial charge in [-0.2, -0.15) is 0 Å². The van der Waals surface area contributed by atoms with E-state index >= 15 is 0 Å². The van der Waals surface area contributed by atoms with Crippen molar-refractivity contribution in [3.8, 4) is 11.4 Å². The van der Waals surface area contributed by atoms with Gasteiger partial charge in [-0.25, -0.2) is 9.97 Å². The second-order valence-electron chi connectivity index (χ2n) is 7.03. The number of amides is 2. The first-order valence-electron chi connectivity index (χ1n) is 9.60. The van der Waals surface area contributed by atoms with Crippen LogP contribution in [-0.2, 0) is 9.59 Å². The van der Waals surface area contributed by atoms with Gasteiger partial charge in [0, 0.05) is 64.0 Å². The molecule has 2 saturated heterocycles. The number of nitrogens with zero attached hydrogens (tertiary/aromatic N) is 6. The van der Waals surface area contributed by atoms with E-state index in [1.165, 1.54) is 0 Å². The number of benzene rings is 1. The molecule has 1 aromatic heterocycles. The minimum atomic E-state index is 0.696. The van der Waals surface area contributed by atoms with Crippen LogP contribution in [0.5, 0.6) is 0 Å². The summed E-state index contributed by atoms with van der Waals surface area (Å²) in [5.41, 5.74) is 0.976. The standard InChI is InChI=1S/C20H24N6O2/c27-15-23-6-10-25(11-7-23)18-14-19(26-12-8-24(16-28)9-13-26)22-20(21-18)17-4-2-1-3-5-17/h1-5,14-16H,6-13H2. The van der Waals surface area contributed by atoms with Crippen molar-refractivity contribution in [1.82, 2.24) is 19.8 Å². The number of carbonyl (C=O) groups excluding carboxylic acids is 2. The molecular formula is C20H24N6O2. The van der Waals surface area contributed by atoms with Gasteiger partial charge in [-0.05, 0) is 0 Å². The normalized spacial score (nSPS) is 17.6. The lowest BCUT2D eigenvalue weighted by molar-refractivity contribution is -0.119. The third kappa shape index (κ3) is 3.90. The summed E-state index contributed by atoms with van der Waals surface area (Å²) in [7, 11) is 0. The van der Waals surface area contributed by atoms with Gasteiger partial charge in [-0.15, -0.1) is 0 Å². The average Bonchev–Trinajstić information content (AvgIpc) is 2.79. The molecule has 3 heterocycles. The van der Waals surface area contributed by atoms with E-state index in [-0.39, 0.29) is 0 Å². The van der Waals surface area contributed by atoms with E-state index in [0.29, 0.717) is 32.0 Å². The quantitative estimate of drug-likeness (QED) is 0.711. The second kappa shape index (κ2) is 8.24. The lowest BCUT2D eigenvalue weighted by Crippen LogP contribution is -2.47. The number of hydrogen-bond donors (Lipinski definition) is 0. The van der Waals surface area contributed by atoms with Crippen molar-refractivity contribution in [3.63, 3.8) is 0 Å². The van der Waals surface area contributed by atoms with E-state index in [9.17, 15) is 9.59 Å². The molecule has 2 aliphatic rings. The first-order chi connectivity index (χ1) is 13.8. The Labute approximate surface area is 164 Å². The summed E-state index contributed by atoms with van der Waals surface area (Å²) in [5.74, 6) is 2.46. The zero-order valence-corrected chi connectivity index (χ0v) is 15.8. The van der Waals surface area contributed by atoms with Gasteiger partial charge in [-0.1, -0.05) is 30.3 Å². The Balaban J connectivity index is 1.64. The molecule has 0 saturated carbocycles. The van der Waals surface area contributed by atoms with Crippen molar-refractivity contribution < 1.29 is 9.59 Å². The van der Waals surface area contributed by atoms with Crippen LogP contribution in [0.4, 0.5) is 11.6 Å². The molecule has 146 valence electrons. The number of hydrogen-bond acceptors (Lipinski definition) is 6. The maximum atomic E-state index is 11.0. The summed E-state index contributed by atoms with van der Waals surface area (Å²) in [4.78, 5) is 39.6. The van der Waals surface area contributed by atoms with E-state index in [4.69, 9.17) is 9.97 Å². The maximum absolute atomic E-state index is 11.0. The molecule has 2 aromatic rings. The fourth-order valence-corrected chi connectivity index (χ4v) is 3.58. The van der Waals surface area contributed by atoms with Crippen LogP contribution in [0.1, 0.15) is 0 Å². The van der Waals surface area contributed by atoms with E-state index < -0.39 is 0 Å². The zero-order valence-electron chi connectivity index (χ0n) is 15.8. The number of aromatic nitrogens is 2. The Hall–Kier alpha value is -3.16. The summed E-state index contributed by atoms with van der Waals surface area (Å²) < 4.78 is 0. The molecule has 28 heavy (non-hydrogen) atoms. The van der Waals surface area contributed by atoms with Gasteiger partial charge in [0.2, 0.25) is 12.8 Å². The van der Waals surface area contributed by atoms with Crippen LogP contribution in [0.2, 0.25) is 0 Å². The molecule has 2 aliphatic heterocycles. The molecule has 0 radical (unpaired) electrons. The predicted octanol–water partition coefficient (Wildman–Crippen LogP) is 0.700. The Morgan fingerprint density at radius 1 is 0.679 bits per heavy atom. The molecule has 0 aliphatic carbocycles. The first kappa shape index (κ1) is 18.2. The Bertz CT molecular complexity index is 768. The average molecular weight is 380 g/mol. The fraction of sp³-hybridized carbons (Fsp3) is 0.400. The Kier molecular flexibility index (Phi) is 5.36. The smallest absolute Gasteiger partial charge is 0.209 e. The number of piperazine rings is 2. The zero-order chi connectivity index (χ0) is 19.3. The minimum absolute atomic E-state index is 0.696. The van der Waals surface area contributed by atoms with Crippen molar-refractivity contribution in [1.29, 1.82) is 0 Å². The van der Waals surface area contributed by atoms with E-state index in [0.717, 1.165) is 56.2 Å². The van der Waals surface area contributed by atoms with Crippen molar-refractivity contribution in [3.05, 3.63) is 36.4 Å². The molecule has 0 bridgehead atoms. The van der Waals surface area contributed by atoms with Gasteiger partial charge in [0.05, 0.1) is 0 Å². The van der Waals surface area contributed by atoms with Crippen LogP contribution in [-0.4, -0.2) is 84.9 Å². The van der Waals surface area contributed by atoms with Crippen molar-refractivity contribution in [2.75, 3.05) is 62.2 Å². The first-order valence-corrected chi connectivity index (χ1v) is 9.60. The summed E-state index contributed by atoms with van der Waals surface area (Å²) in [6.07, 6.45) is 1.81. The highest BCUT2D eigenvalue weighted by atomic mass is 16.1. The molecule has 2 fully saturated rings. The predicted molar refractivity (Wildman–Crippen MR) is 107 cm³/mol. The van der Waals surface area contributed by atoms with Gasteiger partial charge in [0.25, 0.3) is 0 Å². The van der Waals surface area contributed by atoms with E-state index in [2.05, 4.69) is 9.80 Å². The maximum Gasteiger partial charge on any atom is 0.209 e. The van der Waals surface area contributed by atoms with Gasteiger partial charge >= 0.3 is 0 Å². The fourth-order valence-electron chi connectivity index (χ4n) is 3.58. The lowest BCUT2D eigenvalue weighted by Gasteiger charge is -2.36. The Morgan fingerprint density at radius 2 is 1.14 bits per heavy atom. The summed E-state index contributed by atoms with van der Waals surface area (Å²) in [6.45, 7) is 5.79. The van der Waals surface area contributed by atoms with Gasteiger partial charge in [0.1, 0.15) is 11.6 Å². The van der Waals surface area contributed by atoms with Crippen molar-refractivity contribution in [2.24, 2.45) is 0 Å². The third-order valence-electron chi connectivity index (χ3n) is 5.31. The highest BCUT2D eigenvalue weighted by Gasteiger charge is 2.22. The molecular weight excluding hydrogens is 356 g/mol. The molecule has 4 rings (SSSR count). The highest BCUT2D eigenvalue weighted by molar-refractivity contribution is 5.63. The van der Waals surface area contributed by atoms with E-state index in [1.807, 2.05) is 36.4 Å². The second-order valence-corrected chi connectivity index (χ2v) is 7.03. The molecule has 0 N–H and O–H groups in total. The number of anilines is 2. The molecule has 2 amide bonds. The molecule has 8 heteroatoms. The van der Waals surface area contributed by atoms with Crippen LogP contribution >= 0.6 is 0 Å². The van der Waals surface area contributed by atoms with Gasteiger partial charge in [-0.3, -0.25) is 9.59 Å². The van der Waals surface area contributed by atoms with Crippen molar-refractivity contribution in [2.45, 2.75) is 0 Å². The van der Waals surface area contributed by atoms with Crippen LogP contribution in [0.15, 0.2) is 36.4 Å². The molecule has 0 spiro atoms. The number of carbonyl (C=O) groups is 2. The van der Waals surface area contributed by atoms with Crippen LogP contribution in [0.3, 0.4) is 0 Å². The Morgan fingerprint density at radius 3 is 1.57 bits per heavy atom. The van der Waals surface area contributed by atoms with Gasteiger partial charge < -0.3 is 19.6 Å². The largest absolute Gasteiger partial charge is 0.353 e. The monoisotopic (exact) mass is 380 g/mol. The third-order valence-corrected chi connectivity index (χ3v) is 5.31. The lowest BCUT2D eigenvalue weighted by atomic mass is 10.2. The van der Waals surface area contributed by atoms with Crippen LogP contribution in [0.25, 0.3) is 11.4 Å². The van der Waals surface area contributed by atoms with E-state index in [1.54, 1.807) is 9.80 Å². The summed E-state index contributed by atoms with van der Waals surface area (Å²) in [5, 5.41) is 0. The number of rotatable bonds is 5. The summed E-state index contributed by atoms with van der Waals surface area (Å²) in [6, 6.07) is 12.0. The van der Waals surface area contributed by atoms with Crippen LogP contribution in [0, 0.1) is 0 Å². The van der Waals surface area contributed by atoms with Crippen molar-refractivity contribution >= 4 is 24.5 Å². The SMILES string of the molecule is O=CN1CCN(c2cc(N3CCN(C=O)CC3)nc(-c3ccccc3)n2)CC1. The molecule has 0 unspecified atom stereocenters. The minimum Gasteiger partial charge on any atom is -0.353 e. The van der Waals surface area contributed by atoms with Gasteiger partial charge in [0.15, 0.2) is 5.82 Å². The molecule has 1 aromatic carbocycles. The molecule has 8 nitrogen and oxygen atoms in total. The summed E-state index contributed by atoms with van der Waals surface area (Å²) >= 11 is 0. The molecule has 0 atom stereocenters. The van der Waals surface area contributed by atoms with Crippen LogP contribution < -0.4 is 9.80 Å². The topological polar surface area (TPSA) is 72.9 Å².